The summed E-state index contributed by atoms with van der Waals surface area (Å²) in [5, 5.41) is 2.19. The van der Waals surface area contributed by atoms with Crippen LogP contribution in [0.4, 0.5) is 0 Å². The number of hydrogen-bond donors (Lipinski definition) is 0. The molecule has 240 valence electrons. The van der Waals surface area contributed by atoms with Crippen molar-refractivity contribution in [3.63, 3.8) is 0 Å². The Hall–Kier alpha value is 2.10. The van der Waals surface area contributed by atoms with Crippen LogP contribution < -0.4 is 0 Å². The van der Waals surface area contributed by atoms with Crippen LogP contribution in [0.5, 0.6) is 0 Å². The Morgan fingerprint density at radius 3 is 1.72 bits per heavy atom. The molecule has 0 spiro atoms. The topological polar surface area (TPSA) is 0 Å². The fourth-order valence-corrected chi connectivity index (χ4v) is 48.3. The van der Waals surface area contributed by atoms with Gasteiger partial charge in [0.2, 0.25) is 0 Å². The largest absolute Gasteiger partial charge is 0.0939 e. The van der Waals surface area contributed by atoms with Crippen molar-refractivity contribution in [2.75, 3.05) is 17.3 Å². The van der Waals surface area contributed by atoms with Crippen LogP contribution in [-0.2, 0) is 0 Å². The summed E-state index contributed by atoms with van der Waals surface area (Å²) < 4.78 is -2.89. The van der Waals surface area contributed by atoms with E-state index in [2.05, 4.69) is 130 Å². The summed E-state index contributed by atoms with van der Waals surface area (Å²) in [5.74, 6) is 5.57. The van der Waals surface area contributed by atoms with Gasteiger partial charge in [-0.25, -0.2) is 0 Å². The highest BCUT2D eigenvalue weighted by Gasteiger charge is 2.68. The second-order valence-electron chi connectivity index (χ2n) is 12.2. The van der Waals surface area contributed by atoms with Gasteiger partial charge >= 0.3 is 0 Å². The lowest BCUT2D eigenvalue weighted by Crippen LogP contribution is -2.36. The Kier molecular flexibility index (Phi) is 22.1. The first-order valence-corrected chi connectivity index (χ1v) is 26.7. The lowest BCUT2D eigenvalue weighted by Gasteiger charge is -2.80. The molecule has 4 atom stereocenters. The molecule has 39 heavy (non-hydrogen) atoms. The molecule has 0 bridgehead atoms. The maximum absolute atomic E-state index is 2.89. The van der Waals surface area contributed by atoms with E-state index < -0.39 is 3.45 Å². The number of rotatable bonds is 27. The van der Waals surface area contributed by atoms with Gasteiger partial charge in [0.15, 0.2) is 0 Å². The first kappa shape index (κ1) is 41.1. The van der Waals surface area contributed by atoms with Gasteiger partial charge in [0.1, 0.15) is 0 Å². The molecular weight excluding hydrogens is 589 g/mol. The molecule has 0 aromatic heterocycles. The highest BCUT2D eigenvalue weighted by molar-refractivity contribution is 9.97. The molecule has 0 heterocycles. The molecule has 0 aliphatic heterocycles. The predicted molar refractivity (Wildman–Crippen MR) is 206 cm³/mol. The van der Waals surface area contributed by atoms with Gasteiger partial charge in [-0.05, 0) is 50.4 Å². The first-order valence-electron chi connectivity index (χ1n) is 16.9. The van der Waals surface area contributed by atoms with E-state index in [1.54, 1.807) is 0 Å². The lowest BCUT2D eigenvalue weighted by atomic mass is 10.0. The van der Waals surface area contributed by atoms with Gasteiger partial charge in [0.25, 0.3) is 0 Å². The molecule has 6 heteroatoms. The van der Waals surface area contributed by atoms with Crippen molar-refractivity contribution in [1.82, 2.24) is 0 Å². The molecule has 0 nitrogen and oxygen atoms in total. The third kappa shape index (κ3) is 12.6. The summed E-state index contributed by atoms with van der Waals surface area (Å²) in [6.07, 6.45) is 18.8. The Morgan fingerprint density at radius 2 is 1.18 bits per heavy atom. The van der Waals surface area contributed by atoms with Gasteiger partial charge in [-0.3, -0.25) is 0 Å². The van der Waals surface area contributed by atoms with E-state index in [4.69, 9.17) is 0 Å². The molecule has 0 aromatic rings. The molecule has 0 saturated heterocycles. The first-order chi connectivity index (χ1) is 18.5. The minimum atomic E-state index is -2.89. The van der Waals surface area contributed by atoms with Crippen LogP contribution in [0.1, 0.15) is 166 Å². The highest BCUT2D eigenvalue weighted by atomic mass is 34.4. The number of hydrogen-bond acceptors (Lipinski definition) is 5. The maximum atomic E-state index is 2.75. The van der Waals surface area contributed by atoms with Crippen LogP contribution in [0.3, 0.4) is 0 Å². The molecule has 4 unspecified atom stereocenters. The fraction of sp³-hybridized carbons (Fsp3) is 1.00. The Bertz CT molecular complexity index is 613. The summed E-state index contributed by atoms with van der Waals surface area (Å²) in [4.78, 5) is 0. The second-order valence-corrected chi connectivity index (χ2v) is 41.5. The van der Waals surface area contributed by atoms with Gasteiger partial charge in [-0.2, -0.15) is 0 Å². The zero-order valence-corrected chi connectivity index (χ0v) is 33.3. The van der Waals surface area contributed by atoms with E-state index in [9.17, 15) is 0 Å². The van der Waals surface area contributed by atoms with Crippen molar-refractivity contribution in [2.24, 2.45) is 11.8 Å². The second kappa shape index (κ2) is 20.9. The Balaban J connectivity index is 7.42. The zero-order chi connectivity index (χ0) is 29.9. The predicted octanol–water partition coefficient (Wildman–Crippen LogP) is 15.1. The van der Waals surface area contributed by atoms with Crippen molar-refractivity contribution in [1.29, 1.82) is 0 Å². The fourth-order valence-electron chi connectivity index (χ4n) is 5.27. The highest BCUT2D eigenvalue weighted by Crippen LogP contribution is 3.25. The van der Waals surface area contributed by atoms with Crippen LogP contribution >= 0.6 is 57.4 Å². The van der Waals surface area contributed by atoms with Crippen LogP contribution in [-0.4, -0.2) is 33.0 Å². The zero-order valence-electron chi connectivity index (χ0n) is 28.4. The molecule has 0 saturated carbocycles. The Labute approximate surface area is 266 Å². The Morgan fingerprint density at radius 1 is 0.538 bits per heavy atom. The van der Waals surface area contributed by atoms with Gasteiger partial charge in [0.05, 0.1) is 0 Å². The van der Waals surface area contributed by atoms with E-state index in [-0.39, 0.29) is 0 Å². The number of unbranched alkanes of at least 4 members (excludes halogenated alkanes) is 4. The molecular formula is C33H72S6. The van der Waals surface area contributed by atoms with E-state index in [0.717, 1.165) is 22.3 Å². The molecule has 0 aromatic carbocycles. The van der Waals surface area contributed by atoms with Gasteiger partial charge in [-0.1, -0.05) is 185 Å². The average molecular weight is 661 g/mol. The van der Waals surface area contributed by atoms with Crippen LogP contribution in [0, 0.1) is 11.8 Å². The van der Waals surface area contributed by atoms with E-state index in [1.807, 2.05) is 0 Å². The third-order valence-corrected chi connectivity index (χ3v) is 47.1. The third-order valence-electron chi connectivity index (χ3n) is 8.14. The smallest absolute Gasteiger partial charge is 0.0146 e. The molecule has 0 rings (SSSR count). The standard InChI is InChI=1S/C33H72S6/c1-12-19-21-22-26-35-39(34-25-15-4,38-33(17-6)18-7,32(11)27-29(8)16-5,36-28-30(9)23-14-3)37-31(10)24-20-13-2/h29-33H,12-28H2,1-11H3. The van der Waals surface area contributed by atoms with Crippen molar-refractivity contribution >= 4 is 57.4 Å². The normalized spacial score (nSPS) is 17.5. The van der Waals surface area contributed by atoms with Crippen molar-refractivity contribution in [3.05, 3.63) is 0 Å². The monoisotopic (exact) mass is 660 g/mol. The SMILES string of the molecule is CCCCCCSS(SCCC)(SCC(C)CCC)(SC(C)CCCC)(SC(CC)CC)C(C)CC(C)CC. The molecule has 0 N–H and O–H groups in total. The van der Waals surface area contributed by atoms with Crippen LogP contribution in [0.25, 0.3) is 0 Å². The maximum Gasteiger partial charge on any atom is 0.0146 e. The quantitative estimate of drug-likeness (QED) is 0.0633. The summed E-state index contributed by atoms with van der Waals surface area (Å²) in [5.41, 5.74) is 0. The minimum Gasteiger partial charge on any atom is -0.0939 e. The van der Waals surface area contributed by atoms with Gasteiger partial charge in [0, 0.05) is 33.0 Å². The van der Waals surface area contributed by atoms with E-state index in [1.165, 1.54) is 107 Å². The van der Waals surface area contributed by atoms with Crippen molar-refractivity contribution in [3.8, 4) is 0 Å². The summed E-state index contributed by atoms with van der Waals surface area (Å²) in [6.45, 7) is 27.4. The van der Waals surface area contributed by atoms with E-state index in [0.29, 0.717) is 5.25 Å². The molecule has 0 aliphatic rings. The van der Waals surface area contributed by atoms with Crippen molar-refractivity contribution in [2.45, 2.75) is 182 Å². The average Bonchev–Trinajstić information content (AvgIpc) is 2.93. The summed E-state index contributed by atoms with van der Waals surface area (Å²) >= 11 is 0. The van der Waals surface area contributed by atoms with Gasteiger partial charge < -0.3 is 0 Å². The lowest BCUT2D eigenvalue weighted by molar-refractivity contribution is 0.515. The summed E-state index contributed by atoms with van der Waals surface area (Å²) in [7, 11) is 12.8. The van der Waals surface area contributed by atoms with Crippen LogP contribution in [0.15, 0.2) is 0 Å². The van der Waals surface area contributed by atoms with E-state index >= 15 is 0 Å². The van der Waals surface area contributed by atoms with Gasteiger partial charge in [-0.15, -0.1) is 0 Å². The summed E-state index contributed by atoms with van der Waals surface area (Å²) in [6, 6.07) is 0. The van der Waals surface area contributed by atoms with Crippen LogP contribution in [0.2, 0.25) is 0 Å². The minimum absolute atomic E-state index is 0.717. The molecule has 0 amide bonds. The van der Waals surface area contributed by atoms with Crippen molar-refractivity contribution < 1.29 is 0 Å². The molecule has 0 fully saturated rings. The molecule has 0 aliphatic carbocycles. The molecule has 0 radical (unpaired) electrons.